The zero-order valence-corrected chi connectivity index (χ0v) is 27.9. The van der Waals surface area contributed by atoms with Crippen molar-refractivity contribution >= 4 is 5.91 Å². The molecule has 3 fully saturated rings. The Balaban J connectivity index is 1.24. The lowest BCUT2D eigenvalue weighted by Gasteiger charge is -2.50. The lowest BCUT2D eigenvalue weighted by Crippen LogP contribution is -2.68. The van der Waals surface area contributed by atoms with Crippen LogP contribution in [0.2, 0.25) is 0 Å². The van der Waals surface area contributed by atoms with Crippen LogP contribution in [-0.2, 0) is 55.9 Å². The third-order valence-electron chi connectivity index (χ3n) is 8.77. The molecule has 12 nitrogen and oxygen atoms in total. The Bertz CT molecular complexity index is 1480. The van der Waals surface area contributed by atoms with Crippen molar-refractivity contribution in [3.8, 4) is 0 Å². The number of carbonyl (C=O) groups is 1. The van der Waals surface area contributed by atoms with Gasteiger partial charge in [-0.15, -0.1) is 6.58 Å². The molecule has 11 atom stereocenters. The van der Waals surface area contributed by atoms with Crippen LogP contribution in [0.25, 0.3) is 0 Å². The first-order valence-electron chi connectivity index (χ1n) is 16.8. The predicted octanol–water partition coefficient (Wildman–Crippen LogP) is 3.17. The summed E-state index contributed by atoms with van der Waals surface area (Å²) in [7, 11) is 0. The number of ether oxygens (including phenoxy) is 8. The lowest BCUT2D eigenvalue weighted by atomic mass is 9.94. The van der Waals surface area contributed by atoms with E-state index in [-0.39, 0.29) is 32.3 Å². The molecule has 3 saturated heterocycles. The first kappa shape index (κ1) is 36.3. The second kappa shape index (κ2) is 17.6. The summed E-state index contributed by atoms with van der Waals surface area (Å²) in [5.74, 6) is -0.340. The molecule has 1 amide bonds. The van der Waals surface area contributed by atoms with Crippen LogP contribution in [-0.4, -0.2) is 97.3 Å². The minimum absolute atomic E-state index is 0.0356. The smallest absolute Gasteiger partial charge is 0.217 e. The van der Waals surface area contributed by atoms with Crippen LogP contribution < -0.4 is 5.32 Å². The number of hydrogen-bond acceptors (Lipinski definition) is 11. The fraction of sp³-hybridized carbons (Fsp3) is 0.447. The molecule has 0 spiro atoms. The molecule has 12 heteroatoms. The van der Waals surface area contributed by atoms with Gasteiger partial charge in [0.15, 0.2) is 18.9 Å². The number of fused-ring (bicyclic) bond motifs is 1. The summed E-state index contributed by atoms with van der Waals surface area (Å²) < 4.78 is 49.9. The maximum absolute atomic E-state index is 12.6. The van der Waals surface area contributed by atoms with Crippen LogP contribution in [0.15, 0.2) is 104 Å². The van der Waals surface area contributed by atoms with Crippen LogP contribution in [0.3, 0.4) is 0 Å². The van der Waals surface area contributed by atoms with Gasteiger partial charge in [-0.1, -0.05) is 97.1 Å². The topological polar surface area (TPSA) is 143 Å². The number of carbonyl (C=O) groups excluding carboxylic acids is 1. The van der Waals surface area contributed by atoms with Crippen molar-refractivity contribution in [3.05, 3.63) is 120 Å². The Morgan fingerprint density at radius 3 is 2.16 bits per heavy atom. The van der Waals surface area contributed by atoms with E-state index < -0.39 is 67.6 Å². The number of nitrogens with one attached hydrogen (secondary N) is 1. The molecule has 268 valence electrons. The Hall–Kier alpha value is -3.53. The highest BCUT2D eigenvalue weighted by Crippen LogP contribution is 2.36. The third-order valence-corrected chi connectivity index (χ3v) is 8.77. The summed E-state index contributed by atoms with van der Waals surface area (Å²) in [4.78, 5) is 12.6. The summed E-state index contributed by atoms with van der Waals surface area (Å²) in [6, 6.07) is 27.7. The summed E-state index contributed by atoms with van der Waals surface area (Å²) in [6.07, 6.45) is -8.68. The van der Waals surface area contributed by atoms with Crippen molar-refractivity contribution in [1.82, 2.24) is 5.32 Å². The SMILES string of the molecule is C=CCO[C@@H]1[C@@H](NC(C)=O)[C@@H](OCc2ccccc2)O[C@H](COCc2ccccc2)[C@H]1O[C@@H]1O[C@@H]2COC(c3ccccc3)O[C@@H]2[C@H](O)[C@H]1O. The van der Waals surface area contributed by atoms with Crippen LogP contribution in [0.1, 0.15) is 29.9 Å². The number of amides is 1. The largest absolute Gasteiger partial charge is 0.387 e. The molecule has 3 aromatic rings. The van der Waals surface area contributed by atoms with Gasteiger partial charge in [0.2, 0.25) is 5.91 Å². The molecule has 0 bridgehead atoms. The highest BCUT2D eigenvalue weighted by Gasteiger charge is 2.54. The molecule has 0 saturated carbocycles. The summed E-state index contributed by atoms with van der Waals surface area (Å²) in [5.41, 5.74) is 2.64. The van der Waals surface area contributed by atoms with Crippen molar-refractivity contribution in [2.75, 3.05) is 19.8 Å². The molecule has 3 heterocycles. The van der Waals surface area contributed by atoms with Gasteiger partial charge in [-0.3, -0.25) is 4.79 Å². The van der Waals surface area contributed by atoms with E-state index in [4.69, 9.17) is 37.9 Å². The number of hydrogen-bond donors (Lipinski definition) is 3. The third kappa shape index (κ3) is 9.03. The number of aliphatic hydroxyl groups is 2. The van der Waals surface area contributed by atoms with E-state index in [0.29, 0.717) is 6.61 Å². The van der Waals surface area contributed by atoms with Gasteiger partial charge in [0.1, 0.15) is 48.8 Å². The monoisotopic (exact) mass is 691 g/mol. The molecule has 50 heavy (non-hydrogen) atoms. The molecule has 3 aliphatic rings. The van der Waals surface area contributed by atoms with Crippen molar-refractivity contribution in [2.24, 2.45) is 0 Å². The molecule has 0 aromatic heterocycles. The second-order valence-corrected chi connectivity index (χ2v) is 12.5. The van der Waals surface area contributed by atoms with Gasteiger partial charge in [-0.25, -0.2) is 0 Å². The van der Waals surface area contributed by atoms with E-state index >= 15 is 0 Å². The fourth-order valence-electron chi connectivity index (χ4n) is 6.35. The van der Waals surface area contributed by atoms with E-state index in [0.717, 1.165) is 16.7 Å². The van der Waals surface area contributed by atoms with Crippen LogP contribution in [0, 0.1) is 0 Å². The minimum Gasteiger partial charge on any atom is -0.387 e. The normalized spacial score (nSPS) is 32.5. The van der Waals surface area contributed by atoms with E-state index in [1.54, 1.807) is 6.08 Å². The Morgan fingerprint density at radius 1 is 0.840 bits per heavy atom. The zero-order valence-electron chi connectivity index (χ0n) is 27.9. The van der Waals surface area contributed by atoms with Gasteiger partial charge in [0.25, 0.3) is 0 Å². The molecule has 1 unspecified atom stereocenters. The highest BCUT2D eigenvalue weighted by atomic mass is 16.8. The Labute approximate surface area is 291 Å². The van der Waals surface area contributed by atoms with Gasteiger partial charge in [-0.05, 0) is 11.1 Å². The maximum Gasteiger partial charge on any atom is 0.217 e. The minimum atomic E-state index is -1.51. The van der Waals surface area contributed by atoms with Crippen LogP contribution >= 0.6 is 0 Å². The van der Waals surface area contributed by atoms with Crippen LogP contribution in [0.5, 0.6) is 0 Å². The highest BCUT2D eigenvalue weighted by molar-refractivity contribution is 5.73. The van der Waals surface area contributed by atoms with Gasteiger partial charge in [-0.2, -0.15) is 0 Å². The first-order valence-corrected chi connectivity index (χ1v) is 16.8. The molecule has 3 N–H and O–H groups in total. The number of rotatable bonds is 14. The first-order chi connectivity index (χ1) is 24.4. The summed E-state index contributed by atoms with van der Waals surface area (Å²) in [5, 5.41) is 25.6. The summed E-state index contributed by atoms with van der Waals surface area (Å²) >= 11 is 0. The van der Waals surface area contributed by atoms with Gasteiger partial charge in [0.05, 0.1) is 33.0 Å². The van der Waals surface area contributed by atoms with Gasteiger partial charge >= 0.3 is 0 Å². The maximum atomic E-state index is 12.6. The second-order valence-electron chi connectivity index (χ2n) is 12.5. The van der Waals surface area contributed by atoms with Crippen molar-refractivity contribution in [1.29, 1.82) is 0 Å². The van der Waals surface area contributed by atoms with Gasteiger partial charge in [0, 0.05) is 12.5 Å². The molecule has 0 radical (unpaired) electrons. The fourth-order valence-corrected chi connectivity index (χ4v) is 6.35. The van der Waals surface area contributed by atoms with E-state index in [9.17, 15) is 15.0 Å². The van der Waals surface area contributed by atoms with Crippen LogP contribution in [0.4, 0.5) is 0 Å². The standard InChI is InChI=1S/C38H45NO11/c1-3-19-44-35-30(39-24(2)40)37(45-21-26-15-9-5-10-16-26)47-28(22-43-20-25-13-7-4-8-14-25)34(35)50-38-32(42)31(41)33-29(48-38)23-46-36(49-33)27-17-11-6-12-18-27/h3-18,28-38,41-42H,1,19-23H2,2H3,(H,39,40)/t28-,29-,30-,31-,32-,33+,34-,35-,36?,37+,38+/m1/s1. The predicted molar refractivity (Wildman–Crippen MR) is 179 cm³/mol. The average molecular weight is 692 g/mol. The molecule has 6 rings (SSSR count). The van der Waals surface area contributed by atoms with Gasteiger partial charge < -0.3 is 53.4 Å². The number of benzene rings is 3. The molecular weight excluding hydrogens is 646 g/mol. The zero-order chi connectivity index (χ0) is 34.9. The van der Waals surface area contributed by atoms with Crippen molar-refractivity contribution < 1.29 is 52.9 Å². The van der Waals surface area contributed by atoms with E-state index in [1.165, 1.54) is 6.92 Å². The molecular formula is C38H45NO11. The molecule has 3 aromatic carbocycles. The number of aliphatic hydroxyl groups excluding tert-OH is 2. The molecule has 0 aliphatic carbocycles. The quantitative estimate of drug-likeness (QED) is 0.215. The Morgan fingerprint density at radius 2 is 1.50 bits per heavy atom. The van der Waals surface area contributed by atoms with Crippen molar-refractivity contribution in [2.45, 2.75) is 87.8 Å². The van der Waals surface area contributed by atoms with E-state index in [1.807, 2.05) is 91.0 Å². The van der Waals surface area contributed by atoms with E-state index in [2.05, 4.69) is 11.9 Å². The average Bonchev–Trinajstić information content (AvgIpc) is 3.14. The summed E-state index contributed by atoms with van der Waals surface area (Å²) in [6.45, 7) is 5.90. The lowest BCUT2D eigenvalue weighted by molar-refractivity contribution is -0.382. The molecule has 3 aliphatic heterocycles. The van der Waals surface area contributed by atoms with Crippen molar-refractivity contribution in [3.63, 3.8) is 0 Å². The Kier molecular flexibility index (Phi) is 12.8.